The molecule has 4 N–H and O–H groups in total. The molecule has 1 amide bonds. The van der Waals surface area contributed by atoms with Gasteiger partial charge in [0.1, 0.15) is 17.8 Å². The van der Waals surface area contributed by atoms with Crippen molar-refractivity contribution in [2.24, 2.45) is 5.73 Å². The molecule has 0 atom stereocenters. The van der Waals surface area contributed by atoms with Gasteiger partial charge in [0, 0.05) is 23.3 Å². The van der Waals surface area contributed by atoms with E-state index in [4.69, 9.17) is 5.73 Å². The van der Waals surface area contributed by atoms with Crippen molar-refractivity contribution in [2.45, 2.75) is 19.4 Å². The number of aldehydes is 1. The maximum Gasteiger partial charge on any atom is 0.250 e. The maximum absolute atomic E-state index is 11.3. The summed E-state index contributed by atoms with van der Waals surface area (Å²) in [5.41, 5.74) is 6.00. The molecule has 0 aliphatic carbocycles. The van der Waals surface area contributed by atoms with Crippen LogP contribution in [0.1, 0.15) is 24.2 Å². The Balaban J connectivity index is 2.06. The summed E-state index contributed by atoms with van der Waals surface area (Å²) in [5, 5.41) is 11.5. The minimum atomic E-state index is -0.784. The molecule has 0 aromatic carbocycles. The van der Waals surface area contributed by atoms with Gasteiger partial charge in [0.05, 0.1) is 17.3 Å². The molecule has 0 aliphatic heterocycles. The monoisotopic (exact) mass is 325 g/mol. The lowest BCUT2D eigenvalue weighted by molar-refractivity contribution is -0.110. The van der Waals surface area contributed by atoms with Crippen LogP contribution in [0.25, 0.3) is 22.4 Å². The van der Waals surface area contributed by atoms with Crippen molar-refractivity contribution in [1.82, 2.24) is 25.1 Å². The van der Waals surface area contributed by atoms with Crippen molar-refractivity contribution in [3.8, 4) is 11.4 Å². The SMILES string of the molecule is CC(C)(C=O)Nc1cnnc(-c2c[nH]c3ncc(C(N)=O)cc23)n1. The molecule has 0 aliphatic rings. The van der Waals surface area contributed by atoms with Crippen molar-refractivity contribution in [1.29, 1.82) is 0 Å². The predicted octanol–water partition coefficient (Wildman–Crippen LogP) is 0.903. The van der Waals surface area contributed by atoms with Gasteiger partial charge in [-0.1, -0.05) is 0 Å². The van der Waals surface area contributed by atoms with Crippen molar-refractivity contribution >= 4 is 29.0 Å². The molecular weight excluding hydrogens is 310 g/mol. The number of nitrogens with zero attached hydrogens (tertiary/aromatic N) is 4. The van der Waals surface area contributed by atoms with Gasteiger partial charge in [-0.3, -0.25) is 4.79 Å². The number of hydrogen-bond acceptors (Lipinski definition) is 7. The first kappa shape index (κ1) is 15.5. The highest BCUT2D eigenvalue weighted by atomic mass is 16.1. The summed E-state index contributed by atoms with van der Waals surface area (Å²) in [6.45, 7) is 3.44. The van der Waals surface area contributed by atoms with Crippen LogP contribution in [0.2, 0.25) is 0 Å². The lowest BCUT2D eigenvalue weighted by atomic mass is 10.1. The van der Waals surface area contributed by atoms with E-state index in [-0.39, 0.29) is 5.56 Å². The van der Waals surface area contributed by atoms with Crippen LogP contribution in [-0.2, 0) is 4.79 Å². The summed E-state index contributed by atoms with van der Waals surface area (Å²) >= 11 is 0. The van der Waals surface area contributed by atoms with E-state index in [0.717, 1.165) is 6.29 Å². The standard InChI is InChI=1S/C15H15N7O2/c1-15(2,7-23)21-11-6-19-22-14(20-11)10-5-18-13-9(10)3-8(4-17-13)12(16)24/h3-7H,1-2H3,(H2,16,24)(H,17,18)(H,20,21,22). The fraction of sp³-hybridized carbons (Fsp3) is 0.200. The van der Waals surface area contributed by atoms with E-state index in [9.17, 15) is 9.59 Å². The second-order valence-corrected chi connectivity index (χ2v) is 5.82. The van der Waals surface area contributed by atoms with E-state index in [1.54, 1.807) is 26.1 Å². The molecule has 0 spiro atoms. The Kier molecular flexibility index (Phi) is 3.68. The maximum atomic E-state index is 11.3. The molecule has 0 bridgehead atoms. The highest BCUT2D eigenvalue weighted by Gasteiger charge is 2.18. The number of carbonyl (C=O) groups is 2. The van der Waals surface area contributed by atoms with E-state index < -0.39 is 11.4 Å². The third kappa shape index (κ3) is 2.91. The Morgan fingerprint density at radius 3 is 2.88 bits per heavy atom. The van der Waals surface area contributed by atoms with Crippen LogP contribution in [0, 0.1) is 0 Å². The molecule has 3 aromatic heterocycles. The fourth-order valence-corrected chi connectivity index (χ4v) is 2.16. The lowest BCUT2D eigenvalue weighted by Gasteiger charge is -2.19. The zero-order chi connectivity index (χ0) is 17.3. The molecule has 24 heavy (non-hydrogen) atoms. The fourth-order valence-electron chi connectivity index (χ4n) is 2.16. The zero-order valence-electron chi connectivity index (χ0n) is 13.1. The first-order chi connectivity index (χ1) is 11.4. The molecule has 0 radical (unpaired) electrons. The van der Waals surface area contributed by atoms with Crippen molar-refractivity contribution < 1.29 is 9.59 Å². The van der Waals surface area contributed by atoms with Crippen LogP contribution in [0.15, 0.2) is 24.7 Å². The van der Waals surface area contributed by atoms with Gasteiger partial charge in [-0.25, -0.2) is 9.97 Å². The number of hydrogen-bond donors (Lipinski definition) is 3. The van der Waals surface area contributed by atoms with Gasteiger partial charge in [-0.05, 0) is 19.9 Å². The van der Waals surface area contributed by atoms with Crippen LogP contribution >= 0.6 is 0 Å². The van der Waals surface area contributed by atoms with E-state index in [2.05, 4.69) is 30.5 Å². The first-order valence-electron chi connectivity index (χ1n) is 7.11. The molecule has 0 fully saturated rings. The van der Waals surface area contributed by atoms with Crippen LogP contribution < -0.4 is 11.1 Å². The third-order valence-corrected chi connectivity index (χ3v) is 3.36. The van der Waals surface area contributed by atoms with Crippen LogP contribution in [-0.4, -0.2) is 42.9 Å². The first-order valence-corrected chi connectivity index (χ1v) is 7.11. The summed E-state index contributed by atoms with van der Waals surface area (Å²) in [5.74, 6) is 0.167. The normalized spacial score (nSPS) is 11.4. The molecule has 0 unspecified atom stereocenters. The largest absolute Gasteiger partial charge is 0.366 e. The smallest absolute Gasteiger partial charge is 0.250 e. The number of carbonyl (C=O) groups excluding carboxylic acids is 2. The number of amides is 1. The molecule has 9 heteroatoms. The topological polar surface area (TPSA) is 140 Å². The van der Waals surface area contributed by atoms with Crippen molar-refractivity contribution in [2.75, 3.05) is 5.32 Å². The van der Waals surface area contributed by atoms with Gasteiger partial charge in [-0.2, -0.15) is 5.10 Å². The van der Waals surface area contributed by atoms with Gasteiger partial charge in [0.15, 0.2) is 5.82 Å². The zero-order valence-corrected chi connectivity index (χ0v) is 13.1. The number of aromatic nitrogens is 5. The predicted molar refractivity (Wildman–Crippen MR) is 87.2 cm³/mol. The van der Waals surface area contributed by atoms with Crippen LogP contribution in [0.4, 0.5) is 5.82 Å². The molecule has 0 saturated carbocycles. The quantitative estimate of drug-likeness (QED) is 0.592. The van der Waals surface area contributed by atoms with Gasteiger partial charge in [-0.15, -0.1) is 5.10 Å². The number of fused-ring (bicyclic) bond motifs is 1. The number of pyridine rings is 1. The van der Waals surface area contributed by atoms with E-state index in [0.29, 0.717) is 28.2 Å². The number of rotatable bonds is 5. The van der Waals surface area contributed by atoms with Gasteiger partial charge < -0.3 is 20.8 Å². The number of primary amides is 1. The highest BCUT2D eigenvalue weighted by molar-refractivity contribution is 5.99. The Hall–Kier alpha value is -3.36. The Bertz CT molecular complexity index is 932. The summed E-state index contributed by atoms with van der Waals surface area (Å²) in [6.07, 6.45) is 5.28. The molecule has 3 aromatic rings. The Morgan fingerprint density at radius 1 is 1.38 bits per heavy atom. The van der Waals surface area contributed by atoms with Gasteiger partial charge in [0.25, 0.3) is 0 Å². The van der Waals surface area contributed by atoms with Gasteiger partial charge in [0.2, 0.25) is 5.91 Å². The second kappa shape index (κ2) is 5.69. The molecule has 3 rings (SSSR count). The summed E-state index contributed by atoms with van der Waals surface area (Å²) in [7, 11) is 0. The lowest BCUT2D eigenvalue weighted by Crippen LogP contribution is -2.33. The number of nitrogens with one attached hydrogen (secondary N) is 2. The third-order valence-electron chi connectivity index (χ3n) is 3.36. The molecule has 9 nitrogen and oxygen atoms in total. The minimum absolute atomic E-state index is 0.285. The average Bonchev–Trinajstić information content (AvgIpc) is 2.97. The second-order valence-electron chi connectivity index (χ2n) is 5.82. The summed E-state index contributed by atoms with van der Waals surface area (Å²) in [6, 6.07) is 1.62. The van der Waals surface area contributed by atoms with E-state index in [1.807, 2.05) is 0 Å². The number of nitrogens with two attached hydrogens (primary N) is 1. The molecule has 0 saturated heterocycles. The molecular formula is C15H15N7O2. The Morgan fingerprint density at radius 2 is 2.17 bits per heavy atom. The Labute approximate surface area is 136 Å². The number of anilines is 1. The van der Waals surface area contributed by atoms with Crippen LogP contribution in [0.3, 0.4) is 0 Å². The highest BCUT2D eigenvalue weighted by Crippen LogP contribution is 2.26. The molecule has 122 valence electrons. The van der Waals surface area contributed by atoms with Crippen molar-refractivity contribution in [3.63, 3.8) is 0 Å². The number of aromatic amines is 1. The van der Waals surface area contributed by atoms with Crippen LogP contribution in [0.5, 0.6) is 0 Å². The minimum Gasteiger partial charge on any atom is -0.366 e. The number of H-pyrrole nitrogens is 1. The van der Waals surface area contributed by atoms with E-state index in [1.165, 1.54) is 12.4 Å². The average molecular weight is 325 g/mol. The van der Waals surface area contributed by atoms with Crippen molar-refractivity contribution in [3.05, 3.63) is 30.2 Å². The van der Waals surface area contributed by atoms with Gasteiger partial charge >= 0.3 is 0 Å². The molecule has 3 heterocycles. The summed E-state index contributed by atoms with van der Waals surface area (Å²) < 4.78 is 0. The van der Waals surface area contributed by atoms with E-state index >= 15 is 0 Å². The summed E-state index contributed by atoms with van der Waals surface area (Å²) in [4.78, 5) is 33.9.